The van der Waals surface area contributed by atoms with Gasteiger partial charge in [0.2, 0.25) is 0 Å². The molecular formula is C25H16Br2Cl2N6O2. The molecule has 2 heterocycles. The van der Waals surface area contributed by atoms with Crippen molar-refractivity contribution in [3.8, 4) is 16.9 Å². The van der Waals surface area contributed by atoms with Gasteiger partial charge in [-0.05, 0) is 56.1 Å². The average Bonchev–Trinajstić information content (AvgIpc) is 2.87. The Morgan fingerprint density at radius 3 is 2.43 bits per heavy atom. The SMILES string of the molecule is Nc1cc(Br)c(Br)cc1N(N)c1c(-c2ccc(Cl)c(Cl)c2)[nH]c(=O)n(-c2cncc3ccccc23)c1=O. The number of nitrogens with zero attached hydrogens (tertiary/aromatic N) is 3. The lowest BCUT2D eigenvalue weighted by Crippen LogP contribution is -2.41. The Bertz CT molecular complexity index is 1820. The van der Waals surface area contributed by atoms with E-state index in [2.05, 4.69) is 41.8 Å². The standard InChI is InChI=1S/C25H16Br2Cl2N6O2/c26-15-8-19(30)20(9-16(15)27)35(31)23-22(12-5-6-17(28)18(29)7-12)33-25(37)34(24(23)36)21-11-32-10-13-3-1-2-4-14(13)21/h1-11H,30-31H2,(H,33,37). The molecule has 37 heavy (non-hydrogen) atoms. The van der Waals surface area contributed by atoms with Gasteiger partial charge in [-0.25, -0.2) is 15.2 Å². The molecule has 0 bridgehead atoms. The van der Waals surface area contributed by atoms with Gasteiger partial charge >= 0.3 is 5.69 Å². The highest BCUT2D eigenvalue weighted by molar-refractivity contribution is 9.13. The Morgan fingerprint density at radius 2 is 1.68 bits per heavy atom. The van der Waals surface area contributed by atoms with Crippen LogP contribution in [0, 0.1) is 0 Å². The highest BCUT2D eigenvalue weighted by Crippen LogP contribution is 2.38. The lowest BCUT2D eigenvalue weighted by molar-refractivity contribution is 0.866. The first-order valence-electron chi connectivity index (χ1n) is 10.6. The molecule has 3 aromatic carbocycles. The highest BCUT2D eigenvalue weighted by Gasteiger charge is 2.24. The van der Waals surface area contributed by atoms with Crippen molar-refractivity contribution in [3.63, 3.8) is 0 Å². The van der Waals surface area contributed by atoms with Crippen LogP contribution in [0.25, 0.3) is 27.7 Å². The van der Waals surface area contributed by atoms with Crippen molar-refractivity contribution in [2.24, 2.45) is 5.84 Å². The first-order chi connectivity index (χ1) is 17.7. The van der Waals surface area contributed by atoms with Crippen molar-refractivity contribution in [3.05, 3.63) is 107 Å². The summed E-state index contributed by atoms with van der Waals surface area (Å²) in [5.74, 6) is 6.56. The van der Waals surface area contributed by atoms with Crippen molar-refractivity contribution >= 4 is 82.9 Å². The number of nitrogen functional groups attached to an aromatic ring is 1. The Labute approximate surface area is 236 Å². The number of halogens is 4. The predicted molar refractivity (Wildman–Crippen MR) is 156 cm³/mol. The van der Waals surface area contributed by atoms with E-state index in [1.807, 2.05) is 18.2 Å². The van der Waals surface area contributed by atoms with E-state index in [9.17, 15) is 9.59 Å². The number of rotatable bonds is 4. The highest BCUT2D eigenvalue weighted by atomic mass is 79.9. The fourth-order valence-electron chi connectivity index (χ4n) is 3.99. The summed E-state index contributed by atoms with van der Waals surface area (Å²) in [6.07, 6.45) is 3.10. The number of hydrogen-bond acceptors (Lipinski definition) is 6. The minimum atomic E-state index is -0.691. The molecule has 186 valence electrons. The number of H-pyrrole nitrogens is 1. The molecule has 0 aliphatic rings. The summed E-state index contributed by atoms with van der Waals surface area (Å²) in [5, 5.41) is 3.11. The van der Waals surface area contributed by atoms with Crippen LogP contribution >= 0.6 is 55.1 Å². The van der Waals surface area contributed by atoms with Gasteiger partial charge in [0.1, 0.15) is 5.69 Å². The first kappa shape index (κ1) is 25.5. The summed E-state index contributed by atoms with van der Waals surface area (Å²) in [6, 6.07) is 15.3. The second kappa shape index (κ2) is 9.96. The molecule has 0 amide bonds. The van der Waals surface area contributed by atoms with Crippen LogP contribution in [0.1, 0.15) is 0 Å². The molecule has 5 rings (SSSR count). The number of aromatic amines is 1. The number of benzene rings is 3. The van der Waals surface area contributed by atoms with E-state index in [1.54, 1.807) is 36.5 Å². The third kappa shape index (κ3) is 4.55. The third-order valence-electron chi connectivity index (χ3n) is 5.74. The summed E-state index contributed by atoms with van der Waals surface area (Å²) in [5.41, 5.74) is 6.31. The zero-order valence-electron chi connectivity index (χ0n) is 18.7. The molecule has 0 aliphatic heterocycles. The van der Waals surface area contributed by atoms with E-state index in [4.69, 9.17) is 34.8 Å². The van der Waals surface area contributed by atoms with Crippen molar-refractivity contribution in [2.45, 2.75) is 0 Å². The van der Waals surface area contributed by atoms with E-state index in [0.29, 0.717) is 42.0 Å². The Balaban J connectivity index is 1.86. The zero-order chi connectivity index (χ0) is 26.4. The normalized spacial score (nSPS) is 11.2. The van der Waals surface area contributed by atoms with E-state index in [-0.39, 0.29) is 16.4 Å². The van der Waals surface area contributed by atoms with Crippen LogP contribution in [0.2, 0.25) is 10.0 Å². The Kier molecular flexibility index (Phi) is 6.86. The topological polar surface area (TPSA) is 123 Å². The van der Waals surface area contributed by atoms with Crippen molar-refractivity contribution in [1.82, 2.24) is 14.5 Å². The average molecular weight is 663 g/mol. The monoisotopic (exact) mass is 660 g/mol. The molecule has 2 aromatic heterocycles. The van der Waals surface area contributed by atoms with Crippen molar-refractivity contribution < 1.29 is 0 Å². The molecule has 8 nitrogen and oxygen atoms in total. The van der Waals surface area contributed by atoms with Crippen LogP contribution in [0.4, 0.5) is 17.1 Å². The van der Waals surface area contributed by atoms with Gasteiger partial charge in [0.05, 0.1) is 39.0 Å². The van der Waals surface area contributed by atoms with Crippen LogP contribution in [0.15, 0.2) is 85.5 Å². The number of pyridine rings is 1. The van der Waals surface area contributed by atoms with Crippen LogP contribution in [-0.2, 0) is 0 Å². The van der Waals surface area contributed by atoms with E-state index in [0.717, 1.165) is 15.0 Å². The van der Waals surface area contributed by atoms with Gasteiger partial charge in [-0.2, -0.15) is 0 Å². The number of hydrogen-bond donors (Lipinski definition) is 3. The molecule has 5 N–H and O–H groups in total. The second-order valence-corrected chi connectivity index (χ2v) is 10.5. The van der Waals surface area contributed by atoms with Crippen LogP contribution in [0.5, 0.6) is 0 Å². The molecule has 0 radical (unpaired) electrons. The van der Waals surface area contributed by atoms with Gasteiger partial charge in [0.25, 0.3) is 5.56 Å². The minimum Gasteiger partial charge on any atom is -0.397 e. The maximum Gasteiger partial charge on any atom is 0.333 e. The van der Waals surface area contributed by atoms with Crippen molar-refractivity contribution in [2.75, 3.05) is 10.7 Å². The molecule has 0 fully saturated rings. The maximum absolute atomic E-state index is 14.1. The van der Waals surface area contributed by atoms with Gasteiger partial charge in [0.15, 0.2) is 0 Å². The molecule has 0 saturated carbocycles. The summed E-state index contributed by atoms with van der Waals surface area (Å²) in [6.45, 7) is 0. The van der Waals surface area contributed by atoms with Crippen LogP contribution < -0.4 is 27.8 Å². The molecule has 0 saturated heterocycles. The number of fused-ring (bicyclic) bond motifs is 1. The quantitative estimate of drug-likeness (QED) is 0.120. The second-order valence-electron chi connectivity index (χ2n) is 8.00. The van der Waals surface area contributed by atoms with Gasteiger partial charge in [-0.1, -0.05) is 53.5 Å². The molecule has 0 spiro atoms. The molecule has 12 heteroatoms. The van der Waals surface area contributed by atoms with E-state index in [1.165, 1.54) is 12.3 Å². The predicted octanol–water partition coefficient (Wildman–Crippen LogP) is 6.17. The van der Waals surface area contributed by atoms with Gasteiger partial charge < -0.3 is 10.7 Å². The molecule has 0 atom stereocenters. The summed E-state index contributed by atoms with van der Waals surface area (Å²) < 4.78 is 2.36. The first-order valence-corrected chi connectivity index (χ1v) is 13.0. The number of hydrazine groups is 1. The Morgan fingerprint density at radius 1 is 0.946 bits per heavy atom. The van der Waals surface area contributed by atoms with Crippen LogP contribution in [-0.4, -0.2) is 14.5 Å². The van der Waals surface area contributed by atoms with Gasteiger partial charge in [0, 0.05) is 31.5 Å². The maximum atomic E-state index is 14.1. The third-order valence-corrected chi connectivity index (χ3v) is 8.33. The lowest BCUT2D eigenvalue weighted by Gasteiger charge is -2.24. The van der Waals surface area contributed by atoms with E-state index >= 15 is 0 Å². The molecule has 5 aromatic rings. The fraction of sp³-hybridized carbons (Fsp3) is 0. The molecule has 0 unspecified atom stereocenters. The number of aromatic nitrogens is 3. The number of nitrogens with one attached hydrogen (secondary N) is 1. The fourth-order valence-corrected chi connectivity index (χ4v) is 4.98. The smallest absolute Gasteiger partial charge is 0.333 e. The van der Waals surface area contributed by atoms with Gasteiger partial charge in [-0.3, -0.25) is 14.8 Å². The number of anilines is 3. The summed E-state index contributed by atoms with van der Waals surface area (Å²) >= 11 is 19.2. The van der Waals surface area contributed by atoms with Crippen molar-refractivity contribution in [1.29, 1.82) is 0 Å². The van der Waals surface area contributed by atoms with Crippen LogP contribution in [0.3, 0.4) is 0 Å². The Hall–Kier alpha value is -3.15. The zero-order valence-corrected chi connectivity index (χ0v) is 23.4. The minimum absolute atomic E-state index is 0.0492. The molecular weight excluding hydrogens is 647 g/mol. The van der Waals surface area contributed by atoms with E-state index < -0.39 is 11.2 Å². The molecule has 0 aliphatic carbocycles. The largest absolute Gasteiger partial charge is 0.397 e. The van der Waals surface area contributed by atoms with Gasteiger partial charge in [-0.15, -0.1) is 0 Å². The lowest BCUT2D eigenvalue weighted by atomic mass is 10.1. The number of nitrogens with two attached hydrogens (primary N) is 2. The summed E-state index contributed by atoms with van der Waals surface area (Å²) in [4.78, 5) is 34.6. The summed E-state index contributed by atoms with van der Waals surface area (Å²) in [7, 11) is 0.